The quantitative estimate of drug-likeness (QED) is 0.580. The average molecular weight is 422 g/mol. The summed E-state index contributed by atoms with van der Waals surface area (Å²) >= 11 is 0. The Morgan fingerprint density at radius 1 is 1.04 bits per heavy atom. The number of nitrogens with one attached hydrogen (secondary N) is 1. The van der Waals surface area contributed by atoms with E-state index in [1.165, 1.54) is 17.8 Å². The van der Waals surface area contributed by atoms with E-state index in [4.69, 9.17) is 0 Å². The Kier molecular flexibility index (Phi) is 7.64. The number of likely N-dealkylation sites (tertiary alicyclic amines) is 1. The van der Waals surface area contributed by atoms with Crippen molar-refractivity contribution in [2.45, 2.75) is 19.3 Å². The van der Waals surface area contributed by atoms with Crippen molar-refractivity contribution in [1.82, 2.24) is 14.9 Å². The Morgan fingerprint density at radius 3 is 2.36 bits per heavy atom. The number of hydrogen-bond acceptors (Lipinski definition) is 2. The van der Waals surface area contributed by atoms with Crippen molar-refractivity contribution in [3.63, 3.8) is 0 Å². The van der Waals surface area contributed by atoms with Gasteiger partial charge in [0.05, 0.1) is 5.69 Å². The van der Waals surface area contributed by atoms with Crippen molar-refractivity contribution < 1.29 is 4.39 Å². The van der Waals surface area contributed by atoms with Gasteiger partial charge in [0.15, 0.2) is 0 Å². The summed E-state index contributed by atoms with van der Waals surface area (Å²) in [5.41, 5.74) is 5.61. The summed E-state index contributed by atoms with van der Waals surface area (Å²) in [5.74, 6) is 0.898. The molecule has 28 heavy (non-hydrogen) atoms. The number of aromatic nitrogens is 2. The Hall–Kier alpha value is -1.88. The fraction of sp³-hybridized carbons (Fsp3) is 0.318. The van der Waals surface area contributed by atoms with Crippen molar-refractivity contribution >= 4 is 24.8 Å². The van der Waals surface area contributed by atoms with Gasteiger partial charge in [-0.05, 0) is 79.5 Å². The highest BCUT2D eigenvalue weighted by atomic mass is 35.5. The molecule has 0 spiro atoms. The van der Waals surface area contributed by atoms with Gasteiger partial charge in [-0.3, -0.25) is 4.98 Å². The Labute approximate surface area is 178 Å². The van der Waals surface area contributed by atoms with E-state index < -0.39 is 0 Å². The molecule has 6 heteroatoms. The maximum atomic E-state index is 13.4. The molecule has 2 aromatic heterocycles. The van der Waals surface area contributed by atoms with Gasteiger partial charge in [-0.25, -0.2) is 4.39 Å². The summed E-state index contributed by atoms with van der Waals surface area (Å²) in [6.07, 6.45) is 4.78. The topological polar surface area (TPSA) is 31.9 Å². The second-order valence-corrected chi connectivity index (χ2v) is 7.39. The minimum Gasteiger partial charge on any atom is -0.358 e. The molecule has 1 aliphatic rings. The lowest BCUT2D eigenvalue weighted by Gasteiger charge is -2.34. The third kappa shape index (κ3) is 4.57. The van der Waals surface area contributed by atoms with Gasteiger partial charge in [0.25, 0.3) is 0 Å². The van der Waals surface area contributed by atoms with E-state index in [0.29, 0.717) is 11.8 Å². The summed E-state index contributed by atoms with van der Waals surface area (Å²) in [7, 11) is 2.19. The standard InChI is InChI=1S/C22H24FN3.2ClH/c1-15-14-26(2)12-9-19(15)21-13-20(16-7-10-24-11-8-16)22(25-21)17-3-5-18(23)6-4-17;;/h3-8,10-11,13,15,19,25H,9,12,14H2,1-2H3;2*1H/t15-,19+;;/m0../s1. The van der Waals surface area contributed by atoms with Crippen LogP contribution in [0.2, 0.25) is 0 Å². The molecule has 0 radical (unpaired) electrons. The molecule has 3 nitrogen and oxygen atoms in total. The van der Waals surface area contributed by atoms with Crippen LogP contribution in [0, 0.1) is 11.7 Å². The molecule has 3 heterocycles. The molecular weight excluding hydrogens is 396 g/mol. The van der Waals surface area contributed by atoms with Crippen LogP contribution in [0.25, 0.3) is 22.4 Å². The second-order valence-electron chi connectivity index (χ2n) is 7.39. The first kappa shape index (κ1) is 22.4. The zero-order valence-electron chi connectivity index (χ0n) is 16.1. The highest BCUT2D eigenvalue weighted by molar-refractivity contribution is 5.85. The number of piperidine rings is 1. The van der Waals surface area contributed by atoms with Gasteiger partial charge >= 0.3 is 0 Å². The van der Waals surface area contributed by atoms with E-state index >= 15 is 0 Å². The number of rotatable bonds is 3. The van der Waals surface area contributed by atoms with E-state index in [2.05, 4.69) is 34.9 Å². The molecule has 1 N–H and O–H groups in total. The SMILES string of the molecule is C[C@H]1CN(C)CC[C@H]1c1cc(-c2ccncc2)c(-c2ccc(F)cc2)[nH]1.Cl.Cl. The molecule has 0 unspecified atom stereocenters. The van der Waals surface area contributed by atoms with E-state index in [9.17, 15) is 4.39 Å². The molecule has 1 aliphatic heterocycles. The van der Waals surface area contributed by atoms with Gasteiger partial charge in [-0.2, -0.15) is 0 Å². The summed E-state index contributed by atoms with van der Waals surface area (Å²) < 4.78 is 13.4. The number of nitrogens with zero attached hydrogens (tertiary/aromatic N) is 2. The monoisotopic (exact) mass is 421 g/mol. The number of benzene rings is 1. The van der Waals surface area contributed by atoms with Gasteiger partial charge in [0.2, 0.25) is 0 Å². The van der Waals surface area contributed by atoms with Crippen LogP contribution in [0.5, 0.6) is 0 Å². The van der Waals surface area contributed by atoms with Crippen LogP contribution in [-0.4, -0.2) is 35.0 Å². The number of halogens is 3. The first-order chi connectivity index (χ1) is 12.6. The molecule has 4 rings (SSSR count). The van der Waals surface area contributed by atoms with Crippen molar-refractivity contribution in [3.05, 3.63) is 66.4 Å². The summed E-state index contributed by atoms with van der Waals surface area (Å²) in [6.45, 7) is 4.55. The fourth-order valence-electron chi connectivity index (χ4n) is 4.09. The summed E-state index contributed by atoms with van der Waals surface area (Å²) in [5, 5.41) is 0. The summed E-state index contributed by atoms with van der Waals surface area (Å²) in [6, 6.07) is 13.0. The van der Waals surface area contributed by atoms with Gasteiger partial charge < -0.3 is 9.88 Å². The van der Waals surface area contributed by atoms with Crippen molar-refractivity contribution in [2.75, 3.05) is 20.1 Å². The molecule has 2 atom stereocenters. The zero-order chi connectivity index (χ0) is 18.1. The maximum absolute atomic E-state index is 13.4. The van der Waals surface area contributed by atoms with Gasteiger partial charge in [0.1, 0.15) is 5.82 Å². The minimum absolute atomic E-state index is 0. The Bertz CT molecular complexity index is 881. The third-order valence-corrected chi connectivity index (χ3v) is 5.47. The molecule has 0 bridgehead atoms. The normalized spacial score (nSPS) is 19.5. The van der Waals surface area contributed by atoms with Crippen LogP contribution < -0.4 is 0 Å². The molecule has 3 aromatic rings. The Morgan fingerprint density at radius 2 is 1.71 bits per heavy atom. The smallest absolute Gasteiger partial charge is 0.123 e. The fourth-order valence-corrected chi connectivity index (χ4v) is 4.09. The first-order valence-corrected chi connectivity index (χ1v) is 9.19. The molecule has 1 fully saturated rings. The highest BCUT2D eigenvalue weighted by Crippen LogP contribution is 2.38. The molecule has 0 amide bonds. The van der Waals surface area contributed by atoms with Crippen LogP contribution in [0.15, 0.2) is 54.9 Å². The van der Waals surface area contributed by atoms with E-state index in [1.54, 1.807) is 0 Å². The highest BCUT2D eigenvalue weighted by Gasteiger charge is 2.28. The number of H-pyrrole nitrogens is 1. The predicted octanol–water partition coefficient (Wildman–Crippen LogP) is 5.78. The molecular formula is C22H26Cl2FN3. The molecule has 1 aromatic carbocycles. The van der Waals surface area contributed by atoms with Crippen LogP contribution in [-0.2, 0) is 0 Å². The van der Waals surface area contributed by atoms with Crippen LogP contribution in [0.1, 0.15) is 25.0 Å². The van der Waals surface area contributed by atoms with Crippen LogP contribution >= 0.6 is 24.8 Å². The predicted molar refractivity (Wildman–Crippen MR) is 118 cm³/mol. The number of aromatic amines is 1. The Balaban J connectivity index is 0.00000140. The third-order valence-electron chi connectivity index (χ3n) is 5.47. The minimum atomic E-state index is -0.213. The van der Waals surface area contributed by atoms with Crippen molar-refractivity contribution in [3.8, 4) is 22.4 Å². The van der Waals surface area contributed by atoms with E-state index in [-0.39, 0.29) is 30.6 Å². The molecule has 0 saturated carbocycles. The van der Waals surface area contributed by atoms with Crippen LogP contribution in [0.3, 0.4) is 0 Å². The lowest BCUT2D eigenvalue weighted by Crippen LogP contribution is -2.35. The first-order valence-electron chi connectivity index (χ1n) is 9.19. The maximum Gasteiger partial charge on any atom is 0.123 e. The lowest BCUT2D eigenvalue weighted by molar-refractivity contribution is 0.194. The second kappa shape index (κ2) is 9.55. The summed E-state index contributed by atoms with van der Waals surface area (Å²) in [4.78, 5) is 10.2. The van der Waals surface area contributed by atoms with Gasteiger partial charge in [0, 0.05) is 36.1 Å². The molecule has 1 saturated heterocycles. The molecule has 0 aliphatic carbocycles. The van der Waals surface area contributed by atoms with Crippen LogP contribution in [0.4, 0.5) is 4.39 Å². The number of pyridine rings is 1. The van der Waals surface area contributed by atoms with Crippen molar-refractivity contribution in [2.24, 2.45) is 5.92 Å². The van der Waals surface area contributed by atoms with Crippen molar-refractivity contribution in [1.29, 1.82) is 0 Å². The van der Waals surface area contributed by atoms with E-state index in [1.807, 2.05) is 36.7 Å². The average Bonchev–Trinajstić information content (AvgIpc) is 3.08. The lowest BCUT2D eigenvalue weighted by atomic mass is 9.84. The number of hydrogen-bond donors (Lipinski definition) is 1. The largest absolute Gasteiger partial charge is 0.358 e. The van der Waals surface area contributed by atoms with Gasteiger partial charge in [-0.1, -0.05) is 6.92 Å². The van der Waals surface area contributed by atoms with Gasteiger partial charge in [-0.15, -0.1) is 24.8 Å². The zero-order valence-corrected chi connectivity index (χ0v) is 17.7. The van der Waals surface area contributed by atoms with E-state index in [0.717, 1.165) is 41.9 Å². The molecule has 150 valence electrons.